The van der Waals surface area contributed by atoms with Crippen LogP contribution in [0.3, 0.4) is 0 Å². The molecule has 0 aliphatic carbocycles. The van der Waals surface area contributed by atoms with E-state index in [2.05, 4.69) is 5.32 Å². The highest BCUT2D eigenvalue weighted by atomic mass is 32.2. The monoisotopic (exact) mass is 313 g/mol. The van der Waals surface area contributed by atoms with Gasteiger partial charge in [-0.05, 0) is 31.9 Å². The molecule has 0 amide bonds. The quantitative estimate of drug-likeness (QED) is 0.828. The topological polar surface area (TPSA) is 64.6 Å². The summed E-state index contributed by atoms with van der Waals surface area (Å²) in [6.07, 6.45) is 0.755. The van der Waals surface area contributed by atoms with Gasteiger partial charge in [0.1, 0.15) is 0 Å². The molecule has 0 aromatic heterocycles. The average molecular weight is 313 g/mol. The summed E-state index contributed by atoms with van der Waals surface area (Å²) in [6, 6.07) is 5.81. The van der Waals surface area contributed by atoms with Crippen LogP contribution in [-0.2, 0) is 16.4 Å². The van der Waals surface area contributed by atoms with Crippen molar-refractivity contribution in [2.24, 2.45) is 5.92 Å². The molecule has 6 heteroatoms. The van der Waals surface area contributed by atoms with Crippen LogP contribution in [0.2, 0.25) is 0 Å². The van der Waals surface area contributed by atoms with Crippen molar-refractivity contribution in [3.63, 3.8) is 0 Å². The summed E-state index contributed by atoms with van der Waals surface area (Å²) in [6.45, 7) is 3.87. The SMILES string of the molecule is CCOc1cccc(CNCC2CCS(=O)(=O)C2)c1OC. The number of benzene rings is 1. The largest absolute Gasteiger partial charge is 0.493 e. The summed E-state index contributed by atoms with van der Waals surface area (Å²) < 4.78 is 33.8. The van der Waals surface area contributed by atoms with Gasteiger partial charge in [0.2, 0.25) is 0 Å². The molecule has 1 aromatic rings. The van der Waals surface area contributed by atoms with Crippen LogP contribution in [0.5, 0.6) is 11.5 Å². The van der Waals surface area contributed by atoms with Crippen LogP contribution >= 0.6 is 0 Å². The van der Waals surface area contributed by atoms with E-state index in [1.165, 1.54) is 0 Å². The first kappa shape index (κ1) is 16.1. The summed E-state index contributed by atoms with van der Waals surface area (Å²) in [5, 5.41) is 3.33. The number of hydrogen-bond acceptors (Lipinski definition) is 5. The van der Waals surface area contributed by atoms with Crippen LogP contribution in [0.4, 0.5) is 0 Å². The molecule has 0 bridgehead atoms. The Bertz CT molecular complexity index is 571. The van der Waals surface area contributed by atoms with Gasteiger partial charge in [0.15, 0.2) is 21.3 Å². The van der Waals surface area contributed by atoms with Crippen molar-refractivity contribution in [3.8, 4) is 11.5 Å². The lowest BCUT2D eigenvalue weighted by atomic mass is 10.1. The lowest BCUT2D eigenvalue weighted by molar-refractivity contribution is 0.308. The van der Waals surface area contributed by atoms with Gasteiger partial charge in [0.25, 0.3) is 0 Å². The van der Waals surface area contributed by atoms with Crippen molar-refractivity contribution in [2.75, 3.05) is 31.8 Å². The number of rotatable bonds is 7. The summed E-state index contributed by atoms with van der Waals surface area (Å²) in [4.78, 5) is 0. The van der Waals surface area contributed by atoms with Gasteiger partial charge in [-0.25, -0.2) is 8.42 Å². The molecule has 1 unspecified atom stereocenters. The maximum absolute atomic E-state index is 11.4. The van der Waals surface area contributed by atoms with Gasteiger partial charge in [0.05, 0.1) is 25.2 Å². The maximum atomic E-state index is 11.4. The summed E-state index contributed by atoms with van der Waals surface area (Å²) in [7, 11) is -1.17. The van der Waals surface area contributed by atoms with Crippen LogP contribution in [0, 0.1) is 5.92 Å². The molecule has 0 saturated carbocycles. The third-order valence-electron chi connectivity index (χ3n) is 3.64. The molecule has 1 aromatic carbocycles. The van der Waals surface area contributed by atoms with Crippen molar-refractivity contribution in [1.29, 1.82) is 0 Å². The summed E-state index contributed by atoms with van der Waals surface area (Å²) >= 11 is 0. The standard InChI is InChI=1S/C15H23NO4S/c1-3-20-14-6-4-5-13(15(14)19-2)10-16-9-12-7-8-21(17,18)11-12/h4-6,12,16H,3,7-11H2,1-2H3. The molecule has 1 saturated heterocycles. The van der Waals surface area contributed by atoms with E-state index in [4.69, 9.17) is 9.47 Å². The first-order valence-electron chi connectivity index (χ1n) is 7.25. The Morgan fingerprint density at radius 1 is 1.38 bits per heavy atom. The van der Waals surface area contributed by atoms with Gasteiger partial charge >= 0.3 is 0 Å². The van der Waals surface area contributed by atoms with Crippen LogP contribution in [0.15, 0.2) is 18.2 Å². The highest BCUT2D eigenvalue weighted by molar-refractivity contribution is 7.91. The van der Waals surface area contributed by atoms with Gasteiger partial charge in [0, 0.05) is 12.1 Å². The molecule has 21 heavy (non-hydrogen) atoms. The lowest BCUT2D eigenvalue weighted by Gasteiger charge is -2.15. The molecule has 118 valence electrons. The van der Waals surface area contributed by atoms with Gasteiger partial charge in [-0.2, -0.15) is 0 Å². The first-order valence-corrected chi connectivity index (χ1v) is 9.07. The molecular formula is C15H23NO4S. The second-order valence-corrected chi connectivity index (χ2v) is 7.51. The van der Waals surface area contributed by atoms with Crippen LogP contribution < -0.4 is 14.8 Å². The smallest absolute Gasteiger partial charge is 0.165 e. The van der Waals surface area contributed by atoms with Crippen molar-refractivity contribution in [3.05, 3.63) is 23.8 Å². The third kappa shape index (κ3) is 4.35. The zero-order valence-corrected chi connectivity index (χ0v) is 13.4. The number of sulfone groups is 1. The van der Waals surface area contributed by atoms with Crippen LogP contribution in [0.25, 0.3) is 0 Å². The fourth-order valence-electron chi connectivity index (χ4n) is 2.65. The molecule has 0 spiro atoms. The van der Waals surface area contributed by atoms with E-state index < -0.39 is 9.84 Å². The highest BCUT2D eigenvalue weighted by Crippen LogP contribution is 2.31. The number of ether oxygens (including phenoxy) is 2. The maximum Gasteiger partial charge on any atom is 0.165 e. The molecule has 5 nitrogen and oxygen atoms in total. The molecular weight excluding hydrogens is 290 g/mol. The molecule has 0 radical (unpaired) electrons. The Hall–Kier alpha value is -1.27. The zero-order chi connectivity index (χ0) is 15.3. The van der Waals surface area contributed by atoms with E-state index >= 15 is 0 Å². The third-order valence-corrected chi connectivity index (χ3v) is 5.48. The van der Waals surface area contributed by atoms with Crippen molar-refractivity contribution in [2.45, 2.75) is 19.9 Å². The minimum absolute atomic E-state index is 0.219. The Kier molecular flexibility index (Phi) is 5.47. The molecule has 1 aliphatic rings. The molecule has 2 rings (SSSR count). The van der Waals surface area contributed by atoms with Crippen LogP contribution in [-0.4, -0.2) is 40.2 Å². The summed E-state index contributed by atoms with van der Waals surface area (Å²) in [5.41, 5.74) is 1.02. The molecule has 1 atom stereocenters. The number of methoxy groups -OCH3 is 1. The normalized spacial score (nSPS) is 20.4. The Labute approximate surface area is 126 Å². The second-order valence-electron chi connectivity index (χ2n) is 5.28. The van der Waals surface area contributed by atoms with Gasteiger partial charge in [-0.3, -0.25) is 0 Å². The van der Waals surface area contributed by atoms with E-state index in [-0.39, 0.29) is 5.92 Å². The minimum Gasteiger partial charge on any atom is -0.493 e. The van der Waals surface area contributed by atoms with Crippen molar-refractivity contribution >= 4 is 9.84 Å². The molecule has 1 N–H and O–H groups in total. The van der Waals surface area contributed by atoms with E-state index in [0.717, 1.165) is 23.5 Å². The lowest BCUT2D eigenvalue weighted by Crippen LogP contribution is -2.23. The van der Waals surface area contributed by atoms with Crippen molar-refractivity contribution < 1.29 is 17.9 Å². The summed E-state index contributed by atoms with van der Waals surface area (Å²) in [5.74, 6) is 2.32. The minimum atomic E-state index is -2.80. The number of para-hydroxylation sites is 1. The Morgan fingerprint density at radius 3 is 2.81 bits per heavy atom. The highest BCUT2D eigenvalue weighted by Gasteiger charge is 2.27. The zero-order valence-electron chi connectivity index (χ0n) is 12.6. The second kappa shape index (κ2) is 7.13. The molecule has 1 aliphatic heterocycles. The van der Waals surface area contributed by atoms with Gasteiger partial charge in [-0.15, -0.1) is 0 Å². The number of hydrogen-bond donors (Lipinski definition) is 1. The predicted octanol–water partition coefficient (Wildman–Crippen LogP) is 1.62. The Morgan fingerprint density at radius 2 is 2.19 bits per heavy atom. The molecule has 1 fully saturated rings. The van der Waals surface area contributed by atoms with Gasteiger partial charge < -0.3 is 14.8 Å². The van der Waals surface area contributed by atoms with E-state index in [1.54, 1.807) is 7.11 Å². The van der Waals surface area contributed by atoms with Gasteiger partial charge in [-0.1, -0.05) is 12.1 Å². The fraction of sp³-hybridized carbons (Fsp3) is 0.600. The molecule has 1 heterocycles. The van der Waals surface area contributed by atoms with E-state index in [9.17, 15) is 8.42 Å². The average Bonchev–Trinajstić information content (AvgIpc) is 2.79. The number of nitrogens with one attached hydrogen (secondary N) is 1. The fourth-order valence-corrected chi connectivity index (χ4v) is 4.51. The first-order chi connectivity index (χ1) is 10.1. The van der Waals surface area contributed by atoms with E-state index in [1.807, 2.05) is 25.1 Å². The van der Waals surface area contributed by atoms with E-state index in [0.29, 0.717) is 31.2 Å². The van der Waals surface area contributed by atoms with Crippen LogP contribution in [0.1, 0.15) is 18.9 Å². The van der Waals surface area contributed by atoms with Crippen molar-refractivity contribution in [1.82, 2.24) is 5.32 Å². The Balaban J connectivity index is 1.92. The predicted molar refractivity (Wildman–Crippen MR) is 82.6 cm³/mol.